The van der Waals surface area contributed by atoms with E-state index in [0.29, 0.717) is 23.6 Å². The van der Waals surface area contributed by atoms with Gasteiger partial charge in [0.1, 0.15) is 12.1 Å². The summed E-state index contributed by atoms with van der Waals surface area (Å²) in [6.45, 7) is 4.03. The average Bonchev–Trinajstić information content (AvgIpc) is 3.08. The molecule has 0 fully saturated rings. The van der Waals surface area contributed by atoms with Crippen molar-refractivity contribution in [2.24, 2.45) is 5.10 Å². The molecule has 1 aliphatic heterocycles. The highest BCUT2D eigenvalue weighted by Gasteiger charge is 2.17. The molecule has 0 saturated carbocycles. The highest BCUT2D eigenvalue weighted by molar-refractivity contribution is 14.1. The quantitative estimate of drug-likeness (QED) is 0.428. The van der Waals surface area contributed by atoms with Crippen molar-refractivity contribution in [3.63, 3.8) is 0 Å². The minimum absolute atomic E-state index is 0.155. The molecule has 0 saturated heterocycles. The molecule has 1 amide bonds. The van der Waals surface area contributed by atoms with Crippen LogP contribution >= 0.6 is 22.9 Å². The predicted molar refractivity (Wildman–Crippen MR) is 121 cm³/mol. The van der Waals surface area contributed by atoms with Gasteiger partial charge in [0.05, 0.1) is 59.0 Å². The third-order valence-corrected chi connectivity index (χ3v) is 5.50. The van der Waals surface area contributed by atoms with Crippen LogP contribution in [0.3, 0.4) is 0 Å². The Morgan fingerprint density at radius 1 is 1.24 bits per heavy atom. The second-order valence-electron chi connectivity index (χ2n) is 6.68. The van der Waals surface area contributed by atoms with Gasteiger partial charge in [0.2, 0.25) is 0 Å². The molecule has 2 aromatic heterocycles. The number of pyridine rings is 1. The van der Waals surface area contributed by atoms with Crippen molar-refractivity contribution < 1.29 is 9.53 Å². The molecule has 3 aromatic rings. The Balaban J connectivity index is 1.45. The maximum absolute atomic E-state index is 12.8. The number of amides is 1. The van der Waals surface area contributed by atoms with Crippen LogP contribution in [0, 0.1) is 6.92 Å². The van der Waals surface area contributed by atoms with Crippen LogP contribution in [0.25, 0.3) is 5.52 Å². The number of nitrogens with zero attached hydrogens (tertiary/aromatic N) is 5. The number of hydrogen-bond donors (Lipinski definition) is 1. The number of aromatic nitrogens is 2. The van der Waals surface area contributed by atoms with E-state index in [-0.39, 0.29) is 5.91 Å². The third kappa shape index (κ3) is 4.14. The van der Waals surface area contributed by atoms with Crippen LogP contribution in [0.15, 0.2) is 47.7 Å². The molecule has 1 aliphatic rings. The van der Waals surface area contributed by atoms with Crippen molar-refractivity contribution >= 4 is 46.3 Å². The van der Waals surface area contributed by atoms with Gasteiger partial charge in [-0.3, -0.25) is 9.80 Å². The summed E-state index contributed by atoms with van der Waals surface area (Å²) in [6.07, 6.45) is 3.60. The molecule has 0 radical (unpaired) electrons. The van der Waals surface area contributed by atoms with Crippen molar-refractivity contribution in [1.82, 2.24) is 18.0 Å². The highest BCUT2D eigenvalue weighted by atomic mass is 127. The van der Waals surface area contributed by atoms with Crippen LogP contribution in [-0.4, -0.2) is 45.2 Å². The van der Waals surface area contributed by atoms with E-state index in [1.807, 2.05) is 57.8 Å². The molecule has 29 heavy (non-hydrogen) atoms. The number of fused-ring (bicyclic) bond motifs is 1. The van der Waals surface area contributed by atoms with Crippen LogP contribution in [0.2, 0.25) is 0 Å². The van der Waals surface area contributed by atoms with E-state index in [0.717, 1.165) is 29.9 Å². The summed E-state index contributed by atoms with van der Waals surface area (Å²) in [4.78, 5) is 12.8. The third-order valence-electron chi connectivity index (χ3n) is 4.77. The summed E-state index contributed by atoms with van der Waals surface area (Å²) in [7, 11) is 1.60. The zero-order chi connectivity index (χ0) is 20.4. The van der Waals surface area contributed by atoms with Crippen molar-refractivity contribution in [1.29, 1.82) is 0 Å². The number of nitrogens with one attached hydrogen (secondary N) is 1. The molecule has 9 heteroatoms. The maximum Gasteiger partial charge on any atom is 0.255 e. The van der Waals surface area contributed by atoms with Gasteiger partial charge in [-0.1, -0.05) is 12.1 Å². The summed E-state index contributed by atoms with van der Waals surface area (Å²) in [5.74, 6) is 0.533. The first kappa shape index (κ1) is 19.5. The van der Waals surface area contributed by atoms with E-state index >= 15 is 0 Å². The number of halogens is 1. The SMILES string of the molecule is COc1ccn2nc(C)c(C(=O)NCc3ccc(N4CCN(I)C=N4)cc3)c2c1. The van der Waals surface area contributed by atoms with Gasteiger partial charge in [0.15, 0.2) is 0 Å². The fourth-order valence-corrected chi connectivity index (χ4v) is 3.56. The average molecular weight is 504 g/mol. The molecule has 0 atom stereocenters. The second-order valence-corrected chi connectivity index (χ2v) is 7.92. The number of carbonyl (C=O) groups excluding carboxylic acids is 1. The van der Waals surface area contributed by atoms with Gasteiger partial charge in [-0.2, -0.15) is 10.2 Å². The fraction of sp³-hybridized carbons (Fsp3) is 0.250. The molecule has 150 valence electrons. The maximum atomic E-state index is 12.8. The number of rotatable bonds is 5. The van der Waals surface area contributed by atoms with E-state index < -0.39 is 0 Å². The standard InChI is InChI=1S/C20H21IN6O2/c1-14-19(18-11-17(29-2)7-8-27(18)24-14)20(28)22-12-15-3-5-16(6-4-15)26-10-9-25(21)13-23-26/h3-8,11,13H,9-10,12H2,1-2H3,(H,22,28). The summed E-state index contributed by atoms with van der Waals surface area (Å²) >= 11 is 2.23. The van der Waals surface area contributed by atoms with E-state index in [1.165, 1.54) is 0 Å². The zero-order valence-electron chi connectivity index (χ0n) is 16.2. The normalized spacial score (nSPS) is 13.8. The minimum Gasteiger partial charge on any atom is -0.497 e. The molecule has 8 nitrogen and oxygen atoms in total. The molecule has 1 N–H and O–H groups in total. The lowest BCUT2D eigenvalue weighted by Gasteiger charge is -2.26. The molecule has 0 aliphatic carbocycles. The number of aryl methyl sites for hydroxylation is 1. The van der Waals surface area contributed by atoms with Crippen molar-refractivity contribution in [3.05, 3.63) is 59.4 Å². The molecule has 0 unspecified atom stereocenters. The first-order chi connectivity index (χ1) is 14.0. The summed E-state index contributed by atoms with van der Waals surface area (Å²) in [5, 5.41) is 13.8. The number of hydrazone groups is 1. The number of anilines is 1. The summed E-state index contributed by atoms with van der Waals surface area (Å²) in [6, 6.07) is 11.7. The van der Waals surface area contributed by atoms with Crippen LogP contribution < -0.4 is 15.1 Å². The molecule has 4 rings (SSSR count). The monoisotopic (exact) mass is 504 g/mol. The number of ether oxygens (including phenoxy) is 1. The smallest absolute Gasteiger partial charge is 0.255 e. The Kier molecular flexibility index (Phi) is 5.56. The fourth-order valence-electron chi connectivity index (χ4n) is 3.23. The van der Waals surface area contributed by atoms with Crippen molar-refractivity contribution in [3.8, 4) is 5.75 Å². The summed E-state index contributed by atoms with van der Waals surface area (Å²) in [5.41, 5.74) is 4.02. The Morgan fingerprint density at radius 3 is 2.72 bits per heavy atom. The number of carbonyl (C=O) groups is 1. The van der Waals surface area contributed by atoms with Gasteiger partial charge in [0.25, 0.3) is 5.91 Å². The lowest BCUT2D eigenvalue weighted by atomic mass is 10.1. The van der Waals surface area contributed by atoms with Gasteiger partial charge in [-0.15, -0.1) is 0 Å². The molecule has 0 spiro atoms. The highest BCUT2D eigenvalue weighted by Crippen LogP contribution is 2.21. The van der Waals surface area contributed by atoms with E-state index in [1.54, 1.807) is 17.8 Å². The first-order valence-electron chi connectivity index (χ1n) is 9.19. The van der Waals surface area contributed by atoms with Crippen molar-refractivity contribution in [2.75, 3.05) is 25.2 Å². The molecular formula is C20H21IN6O2. The summed E-state index contributed by atoms with van der Waals surface area (Å²) < 4.78 is 8.99. The lowest BCUT2D eigenvalue weighted by Crippen LogP contribution is -2.32. The molecular weight excluding hydrogens is 483 g/mol. The predicted octanol–water partition coefficient (Wildman–Crippen LogP) is 3.00. The van der Waals surface area contributed by atoms with Crippen LogP contribution in [0.4, 0.5) is 5.69 Å². The minimum atomic E-state index is -0.155. The molecule has 0 bridgehead atoms. The Morgan fingerprint density at radius 2 is 2.03 bits per heavy atom. The van der Waals surface area contributed by atoms with Gasteiger partial charge >= 0.3 is 0 Å². The van der Waals surface area contributed by atoms with Crippen LogP contribution in [0.5, 0.6) is 5.75 Å². The van der Waals surface area contributed by atoms with E-state index in [2.05, 4.69) is 38.4 Å². The van der Waals surface area contributed by atoms with E-state index in [9.17, 15) is 4.79 Å². The van der Waals surface area contributed by atoms with E-state index in [4.69, 9.17) is 4.74 Å². The van der Waals surface area contributed by atoms with Gasteiger partial charge < -0.3 is 13.2 Å². The van der Waals surface area contributed by atoms with Crippen LogP contribution in [-0.2, 0) is 6.54 Å². The second kappa shape index (κ2) is 8.27. The Hall–Kier alpha value is -2.82. The number of benzene rings is 1. The van der Waals surface area contributed by atoms with Gasteiger partial charge in [0, 0.05) is 25.4 Å². The molecule has 3 heterocycles. The molecule has 1 aromatic carbocycles. The first-order valence-corrected chi connectivity index (χ1v) is 10.2. The van der Waals surface area contributed by atoms with Crippen molar-refractivity contribution in [2.45, 2.75) is 13.5 Å². The van der Waals surface area contributed by atoms with Crippen LogP contribution in [0.1, 0.15) is 21.6 Å². The van der Waals surface area contributed by atoms with Gasteiger partial charge in [-0.25, -0.2) is 4.52 Å². The van der Waals surface area contributed by atoms with Gasteiger partial charge in [-0.05, 0) is 30.7 Å². The Labute approximate surface area is 182 Å². The largest absolute Gasteiger partial charge is 0.497 e. The lowest BCUT2D eigenvalue weighted by molar-refractivity contribution is 0.0952. The number of methoxy groups -OCH3 is 1. The zero-order valence-corrected chi connectivity index (χ0v) is 18.3. The topological polar surface area (TPSA) is 74.5 Å². The number of hydrogen-bond acceptors (Lipinski definition) is 6. The Bertz CT molecular complexity index is 1060.